The summed E-state index contributed by atoms with van der Waals surface area (Å²) in [7, 11) is -3.12. The van der Waals surface area contributed by atoms with Crippen LogP contribution in [0.25, 0.3) is 0 Å². The minimum Gasteiger partial charge on any atom is -0.482 e. The summed E-state index contributed by atoms with van der Waals surface area (Å²) < 4.78 is 29.4. The van der Waals surface area contributed by atoms with Gasteiger partial charge in [0.2, 0.25) is 0 Å². The Morgan fingerprint density at radius 1 is 1.18 bits per heavy atom. The van der Waals surface area contributed by atoms with Gasteiger partial charge in [0.25, 0.3) is 5.91 Å². The highest BCUT2D eigenvalue weighted by Crippen LogP contribution is 2.28. The number of benzene rings is 2. The van der Waals surface area contributed by atoms with E-state index in [1.54, 1.807) is 17.0 Å². The van der Waals surface area contributed by atoms with Crippen LogP contribution in [0.15, 0.2) is 42.5 Å². The maximum Gasteiger partial charge on any atom is 0.261 e. The molecule has 150 valence electrons. The zero-order valence-electron chi connectivity index (χ0n) is 15.4. The molecule has 2 aromatic carbocycles. The van der Waals surface area contributed by atoms with E-state index in [1.165, 1.54) is 6.07 Å². The monoisotopic (exact) mass is 441 g/mol. The van der Waals surface area contributed by atoms with Gasteiger partial charge in [-0.05, 0) is 37.1 Å². The van der Waals surface area contributed by atoms with Gasteiger partial charge in [-0.25, -0.2) is 8.42 Å². The highest BCUT2D eigenvalue weighted by atomic mass is 35.5. The summed E-state index contributed by atoms with van der Waals surface area (Å²) in [5.74, 6) is 0.147. The molecule has 8 heteroatoms. The predicted molar refractivity (Wildman–Crippen MR) is 111 cm³/mol. The van der Waals surface area contributed by atoms with Crippen LogP contribution in [-0.2, 0) is 21.2 Å². The zero-order chi connectivity index (χ0) is 20.3. The van der Waals surface area contributed by atoms with Gasteiger partial charge in [-0.2, -0.15) is 0 Å². The number of halogens is 2. The second kappa shape index (κ2) is 8.72. The standard InChI is InChI=1S/C20H21Cl2NO4S/c1-14-2-4-15(5-3-14)11-23(17-8-9-28(25,26)13-17)20(24)12-27-19-7-6-16(21)10-18(19)22/h2-7,10,17H,8-9,11-13H2,1H3. The van der Waals surface area contributed by atoms with Crippen molar-refractivity contribution in [2.24, 2.45) is 0 Å². The van der Waals surface area contributed by atoms with Crippen molar-refractivity contribution in [2.45, 2.75) is 25.9 Å². The number of nitrogens with zero attached hydrogens (tertiary/aromatic N) is 1. The van der Waals surface area contributed by atoms with Gasteiger partial charge >= 0.3 is 0 Å². The number of aryl methyl sites for hydroxylation is 1. The van der Waals surface area contributed by atoms with Gasteiger partial charge in [0, 0.05) is 17.6 Å². The Morgan fingerprint density at radius 3 is 2.50 bits per heavy atom. The van der Waals surface area contributed by atoms with Crippen molar-refractivity contribution in [3.63, 3.8) is 0 Å². The number of ether oxygens (including phenoxy) is 1. The van der Waals surface area contributed by atoms with Gasteiger partial charge < -0.3 is 9.64 Å². The molecule has 2 aromatic rings. The zero-order valence-corrected chi connectivity index (χ0v) is 17.7. The Kier molecular flexibility index (Phi) is 6.53. The first-order valence-corrected chi connectivity index (χ1v) is 11.4. The summed E-state index contributed by atoms with van der Waals surface area (Å²) in [4.78, 5) is 14.5. The SMILES string of the molecule is Cc1ccc(CN(C(=O)COc2ccc(Cl)cc2Cl)C2CCS(=O)(=O)C2)cc1. The van der Waals surface area contributed by atoms with Gasteiger partial charge in [-0.3, -0.25) is 4.79 Å². The maximum absolute atomic E-state index is 12.9. The van der Waals surface area contributed by atoms with Crippen molar-refractivity contribution in [3.05, 3.63) is 63.6 Å². The lowest BCUT2D eigenvalue weighted by atomic mass is 10.1. The Balaban J connectivity index is 1.75. The molecule has 1 saturated heterocycles. The lowest BCUT2D eigenvalue weighted by molar-refractivity contribution is -0.136. The quantitative estimate of drug-likeness (QED) is 0.681. The van der Waals surface area contributed by atoms with Crippen LogP contribution in [-0.4, -0.2) is 43.4 Å². The summed E-state index contributed by atoms with van der Waals surface area (Å²) in [5, 5.41) is 0.787. The molecule has 0 saturated carbocycles. The number of amides is 1. The van der Waals surface area contributed by atoms with Crippen LogP contribution in [0.2, 0.25) is 10.0 Å². The van der Waals surface area contributed by atoms with E-state index in [0.717, 1.165) is 11.1 Å². The lowest BCUT2D eigenvalue weighted by Gasteiger charge is -2.28. The van der Waals surface area contributed by atoms with Gasteiger partial charge in [0.05, 0.1) is 16.5 Å². The Bertz CT molecular complexity index is 961. The molecule has 1 aliphatic rings. The van der Waals surface area contributed by atoms with Crippen LogP contribution in [0.1, 0.15) is 17.5 Å². The number of sulfone groups is 1. The van der Waals surface area contributed by atoms with E-state index in [4.69, 9.17) is 27.9 Å². The van der Waals surface area contributed by atoms with Crippen LogP contribution in [0.3, 0.4) is 0 Å². The molecule has 1 aliphatic heterocycles. The number of hydrogen-bond donors (Lipinski definition) is 0. The molecule has 28 heavy (non-hydrogen) atoms. The Hall–Kier alpha value is -1.76. The van der Waals surface area contributed by atoms with Gasteiger partial charge in [-0.15, -0.1) is 0 Å². The molecule has 0 aromatic heterocycles. The van der Waals surface area contributed by atoms with E-state index >= 15 is 0 Å². The lowest BCUT2D eigenvalue weighted by Crippen LogP contribution is -2.43. The van der Waals surface area contributed by atoms with Crippen LogP contribution in [0, 0.1) is 6.92 Å². The molecule has 3 rings (SSSR count). The number of carbonyl (C=O) groups is 1. The van der Waals surface area contributed by atoms with Crippen LogP contribution in [0.5, 0.6) is 5.75 Å². The third-order valence-corrected chi connectivity index (χ3v) is 6.97. The molecule has 0 N–H and O–H groups in total. The molecule has 0 aliphatic carbocycles. The Morgan fingerprint density at radius 2 is 1.89 bits per heavy atom. The fraction of sp³-hybridized carbons (Fsp3) is 0.350. The van der Waals surface area contributed by atoms with E-state index < -0.39 is 9.84 Å². The molecule has 5 nitrogen and oxygen atoms in total. The number of rotatable bonds is 6. The largest absolute Gasteiger partial charge is 0.482 e. The average molecular weight is 442 g/mol. The summed E-state index contributed by atoms with van der Waals surface area (Å²) in [6, 6.07) is 12.2. The first-order valence-electron chi connectivity index (χ1n) is 8.87. The van der Waals surface area contributed by atoms with Crippen molar-refractivity contribution >= 4 is 38.9 Å². The summed E-state index contributed by atoms with van der Waals surface area (Å²) in [6.45, 7) is 2.08. The van der Waals surface area contributed by atoms with E-state index in [9.17, 15) is 13.2 Å². The van der Waals surface area contributed by atoms with Gasteiger partial charge in [-0.1, -0.05) is 53.0 Å². The van der Waals surface area contributed by atoms with E-state index in [0.29, 0.717) is 28.8 Å². The summed E-state index contributed by atoms with van der Waals surface area (Å²) >= 11 is 12.0. The molecule has 0 radical (unpaired) electrons. The first kappa shape index (κ1) is 21.0. The Labute approximate surface area is 175 Å². The van der Waals surface area contributed by atoms with Crippen LogP contribution < -0.4 is 4.74 Å². The van der Waals surface area contributed by atoms with E-state index in [2.05, 4.69) is 0 Å². The van der Waals surface area contributed by atoms with Crippen LogP contribution >= 0.6 is 23.2 Å². The van der Waals surface area contributed by atoms with Crippen molar-refractivity contribution in [1.29, 1.82) is 0 Å². The molecule has 1 heterocycles. The van der Waals surface area contributed by atoms with E-state index in [-0.39, 0.29) is 30.1 Å². The van der Waals surface area contributed by atoms with Crippen molar-refractivity contribution < 1.29 is 17.9 Å². The molecular weight excluding hydrogens is 421 g/mol. The summed E-state index contributed by atoms with van der Waals surface area (Å²) in [6.07, 6.45) is 0.432. The highest BCUT2D eigenvalue weighted by molar-refractivity contribution is 7.91. The van der Waals surface area contributed by atoms with E-state index in [1.807, 2.05) is 31.2 Å². The molecule has 1 unspecified atom stereocenters. The molecule has 0 spiro atoms. The van der Waals surface area contributed by atoms with Crippen LogP contribution in [0.4, 0.5) is 0 Å². The smallest absolute Gasteiger partial charge is 0.261 e. The fourth-order valence-electron chi connectivity index (χ4n) is 3.15. The fourth-order valence-corrected chi connectivity index (χ4v) is 5.34. The second-order valence-electron chi connectivity index (χ2n) is 6.93. The predicted octanol–water partition coefficient (Wildman–Crippen LogP) is 3.90. The minimum atomic E-state index is -3.12. The number of carbonyl (C=O) groups excluding carboxylic acids is 1. The van der Waals surface area contributed by atoms with Gasteiger partial charge in [0.1, 0.15) is 5.75 Å². The molecule has 1 atom stereocenters. The first-order chi connectivity index (χ1) is 13.2. The van der Waals surface area contributed by atoms with Crippen molar-refractivity contribution in [1.82, 2.24) is 4.90 Å². The van der Waals surface area contributed by atoms with Crippen molar-refractivity contribution in [2.75, 3.05) is 18.1 Å². The molecule has 1 amide bonds. The third kappa shape index (κ3) is 5.40. The molecule has 0 bridgehead atoms. The molecular formula is C20H21Cl2NO4S. The maximum atomic E-state index is 12.9. The number of hydrogen-bond acceptors (Lipinski definition) is 4. The summed E-state index contributed by atoms with van der Waals surface area (Å²) in [5.41, 5.74) is 2.05. The molecule has 1 fully saturated rings. The van der Waals surface area contributed by atoms with Gasteiger partial charge in [0.15, 0.2) is 16.4 Å². The second-order valence-corrected chi connectivity index (χ2v) is 10.00. The topological polar surface area (TPSA) is 63.7 Å². The third-order valence-electron chi connectivity index (χ3n) is 4.69. The normalized spacial score (nSPS) is 18.0. The highest BCUT2D eigenvalue weighted by Gasteiger charge is 2.34. The van der Waals surface area contributed by atoms with Crippen molar-refractivity contribution in [3.8, 4) is 5.75 Å². The minimum absolute atomic E-state index is 0.0215. The average Bonchev–Trinajstić information content (AvgIpc) is 2.99.